The SMILES string of the molecule is NS(=O)(=O)c1ccc(Cl)c(NC(=O)/C=C/c2ccco2)c1. The molecule has 3 N–H and O–H groups in total. The maximum Gasteiger partial charge on any atom is 0.248 e. The monoisotopic (exact) mass is 326 g/mol. The molecule has 110 valence electrons. The van der Waals surface area contributed by atoms with Crippen molar-refractivity contribution in [1.82, 2.24) is 0 Å². The summed E-state index contributed by atoms with van der Waals surface area (Å²) < 4.78 is 27.6. The van der Waals surface area contributed by atoms with Crippen molar-refractivity contribution >= 4 is 39.3 Å². The largest absolute Gasteiger partial charge is 0.465 e. The molecule has 0 aliphatic carbocycles. The molecule has 6 nitrogen and oxygen atoms in total. The lowest BCUT2D eigenvalue weighted by molar-refractivity contribution is -0.111. The molecule has 0 fully saturated rings. The molecule has 0 bridgehead atoms. The molecule has 2 rings (SSSR count). The normalized spacial score (nSPS) is 11.7. The van der Waals surface area contributed by atoms with E-state index in [1.165, 1.54) is 36.6 Å². The van der Waals surface area contributed by atoms with Crippen LogP contribution in [0, 0.1) is 0 Å². The number of halogens is 1. The maximum absolute atomic E-state index is 11.7. The lowest BCUT2D eigenvalue weighted by atomic mass is 10.3. The van der Waals surface area contributed by atoms with Gasteiger partial charge in [0.1, 0.15) is 5.76 Å². The molecule has 0 unspecified atom stereocenters. The van der Waals surface area contributed by atoms with E-state index in [1.807, 2.05) is 0 Å². The second-order valence-electron chi connectivity index (χ2n) is 4.02. The quantitative estimate of drug-likeness (QED) is 0.841. The Balaban J connectivity index is 2.17. The topological polar surface area (TPSA) is 102 Å². The fourth-order valence-electron chi connectivity index (χ4n) is 1.50. The molecule has 1 aromatic carbocycles. The van der Waals surface area contributed by atoms with Crippen molar-refractivity contribution in [3.63, 3.8) is 0 Å². The molecule has 0 radical (unpaired) electrons. The predicted molar refractivity (Wildman–Crippen MR) is 79.2 cm³/mol. The molecule has 1 heterocycles. The van der Waals surface area contributed by atoms with Gasteiger partial charge in [-0.3, -0.25) is 4.79 Å². The third kappa shape index (κ3) is 4.19. The highest BCUT2D eigenvalue weighted by Crippen LogP contribution is 2.24. The Labute approximate surface area is 126 Å². The molecular formula is C13H11ClN2O4S. The Morgan fingerprint density at radius 1 is 1.33 bits per heavy atom. The summed E-state index contributed by atoms with van der Waals surface area (Å²) >= 11 is 5.90. The van der Waals surface area contributed by atoms with Crippen LogP contribution < -0.4 is 10.5 Å². The number of nitrogens with two attached hydrogens (primary N) is 1. The lowest BCUT2D eigenvalue weighted by Crippen LogP contribution is -2.14. The third-order valence-corrected chi connectivity index (χ3v) is 3.71. The highest BCUT2D eigenvalue weighted by Gasteiger charge is 2.11. The summed E-state index contributed by atoms with van der Waals surface area (Å²) in [5.74, 6) is 0.0226. The summed E-state index contributed by atoms with van der Waals surface area (Å²) in [4.78, 5) is 11.6. The first-order valence-corrected chi connectivity index (χ1v) is 7.63. The van der Waals surface area contributed by atoms with Gasteiger partial charge in [-0.15, -0.1) is 0 Å². The number of carbonyl (C=O) groups is 1. The summed E-state index contributed by atoms with van der Waals surface area (Å²) in [7, 11) is -3.87. The van der Waals surface area contributed by atoms with Crippen LogP contribution >= 0.6 is 11.6 Å². The van der Waals surface area contributed by atoms with E-state index in [2.05, 4.69) is 5.32 Å². The van der Waals surface area contributed by atoms with E-state index in [-0.39, 0.29) is 15.6 Å². The van der Waals surface area contributed by atoms with Gasteiger partial charge >= 0.3 is 0 Å². The molecule has 0 aliphatic heterocycles. The van der Waals surface area contributed by atoms with E-state index in [1.54, 1.807) is 12.1 Å². The minimum Gasteiger partial charge on any atom is -0.465 e. The van der Waals surface area contributed by atoms with Crippen LogP contribution in [0.15, 0.2) is 52.0 Å². The zero-order chi connectivity index (χ0) is 15.5. The van der Waals surface area contributed by atoms with Crippen LogP contribution in [0.4, 0.5) is 5.69 Å². The van der Waals surface area contributed by atoms with Gasteiger partial charge in [0.15, 0.2) is 0 Å². The van der Waals surface area contributed by atoms with Gasteiger partial charge in [0, 0.05) is 6.08 Å². The molecule has 1 aromatic heterocycles. The average Bonchev–Trinajstić information content (AvgIpc) is 2.91. The van der Waals surface area contributed by atoms with Gasteiger partial charge in [-0.2, -0.15) is 0 Å². The van der Waals surface area contributed by atoms with Gasteiger partial charge < -0.3 is 9.73 Å². The smallest absolute Gasteiger partial charge is 0.248 e. The van der Waals surface area contributed by atoms with Crippen molar-refractivity contribution < 1.29 is 17.6 Å². The number of primary sulfonamides is 1. The van der Waals surface area contributed by atoms with Crippen molar-refractivity contribution in [3.8, 4) is 0 Å². The highest BCUT2D eigenvalue weighted by atomic mass is 35.5. The van der Waals surface area contributed by atoms with Gasteiger partial charge in [0.2, 0.25) is 15.9 Å². The number of sulfonamides is 1. The predicted octanol–water partition coefficient (Wildman–Crippen LogP) is 2.23. The standard InChI is InChI=1S/C13H11ClN2O4S/c14-11-5-4-10(21(15,18)19)8-12(11)16-13(17)6-3-9-2-1-7-20-9/h1-8H,(H,16,17)(H2,15,18,19)/b6-3+. The van der Waals surface area contributed by atoms with Crippen LogP contribution in [0.25, 0.3) is 6.08 Å². The Morgan fingerprint density at radius 2 is 2.10 bits per heavy atom. The van der Waals surface area contributed by atoms with Crippen LogP contribution in [0.3, 0.4) is 0 Å². The number of rotatable bonds is 4. The average molecular weight is 327 g/mol. The maximum atomic E-state index is 11.7. The Hall–Kier alpha value is -2.09. The van der Waals surface area contributed by atoms with Crippen LogP contribution in [0.1, 0.15) is 5.76 Å². The molecule has 0 saturated carbocycles. The van der Waals surface area contributed by atoms with Crippen LogP contribution in [0.2, 0.25) is 5.02 Å². The van der Waals surface area contributed by atoms with E-state index < -0.39 is 15.9 Å². The second kappa shape index (κ2) is 6.13. The zero-order valence-electron chi connectivity index (χ0n) is 10.6. The molecule has 0 aliphatic rings. The fourth-order valence-corrected chi connectivity index (χ4v) is 2.20. The highest BCUT2D eigenvalue weighted by molar-refractivity contribution is 7.89. The third-order valence-electron chi connectivity index (χ3n) is 2.47. The molecule has 0 atom stereocenters. The lowest BCUT2D eigenvalue weighted by Gasteiger charge is -2.06. The fraction of sp³-hybridized carbons (Fsp3) is 0. The number of amides is 1. The molecular weight excluding hydrogens is 316 g/mol. The summed E-state index contributed by atoms with van der Waals surface area (Å²) in [6.45, 7) is 0. The number of anilines is 1. The number of furan rings is 1. The van der Waals surface area contributed by atoms with Crippen molar-refractivity contribution in [2.75, 3.05) is 5.32 Å². The van der Waals surface area contributed by atoms with Crippen molar-refractivity contribution in [1.29, 1.82) is 0 Å². The number of nitrogens with one attached hydrogen (secondary N) is 1. The first kappa shape index (κ1) is 15.3. The molecule has 2 aromatic rings. The van der Waals surface area contributed by atoms with E-state index in [0.29, 0.717) is 5.76 Å². The van der Waals surface area contributed by atoms with Gasteiger partial charge in [-0.05, 0) is 36.4 Å². The van der Waals surface area contributed by atoms with Crippen LogP contribution in [-0.2, 0) is 14.8 Å². The molecule has 0 saturated heterocycles. The second-order valence-corrected chi connectivity index (χ2v) is 5.99. The van der Waals surface area contributed by atoms with E-state index in [0.717, 1.165) is 0 Å². The van der Waals surface area contributed by atoms with E-state index in [9.17, 15) is 13.2 Å². The molecule has 0 spiro atoms. The van der Waals surface area contributed by atoms with Crippen LogP contribution in [-0.4, -0.2) is 14.3 Å². The van der Waals surface area contributed by atoms with E-state index >= 15 is 0 Å². The first-order chi connectivity index (χ1) is 9.86. The number of benzene rings is 1. The number of hydrogen-bond acceptors (Lipinski definition) is 4. The molecule has 8 heteroatoms. The van der Waals surface area contributed by atoms with Gasteiger partial charge in [-0.25, -0.2) is 13.6 Å². The molecule has 1 amide bonds. The van der Waals surface area contributed by atoms with Crippen molar-refractivity contribution in [2.45, 2.75) is 4.90 Å². The minimum absolute atomic E-state index is 0.141. The van der Waals surface area contributed by atoms with Gasteiger partial charge in [0.05, 0.1) is 21.9 Å². The van der Waals surface area contributed by atoms with Crippen molar-refractivity contribution in [3.05, 3.63) is 53.5 Å². The Kier molecular flexibility index (Phi) is 4.46. The zero-order valence-corrected chi connectivity index (χ0v) is 12.2. The number of carbonyl (C=O) groups excluding carboxylic acids is 1. The van der Waals surface area contributed by atoms with E-state index in [4.69, 9.17) is 21.2 Å². The van der Waals surface area contributed by atoms with Gasteiger partial charge in [0.25, 0.3) is 0 Å². The summed E-state index contributed by atoms with van der Waals surface area (Å²) in [5.41, 5.74) is 0.150. The first-order valence-electron chi connectivity index (χ1n) is 5.71. The van der Waals surface area contributed by atoms with Crippen LogP contribution in [0.5, 0.6) is 0 Å². The summed E-state index contributed by atoms with van der Waals surface area (Å²) in [6.07, 6.45) is 4.18. The minimum atomic E-state index is -3.87. The molecule has 21 heavy (non-hydrogen) atoms. The number of hydrogen-bond donors (Lipinski definition) is 2. The Bertz CT molecular complexity index is 783. The Morgan fingerprint density at radius 3 is 2.71 bits per heavy atom. The summed E-state index contributed by atoms with van der Waals surface area (Å²) in [6, 6.07) is 7.15. The van der Waals surface area contributed by atoms with Gasteiger partial charge in [-0.1, -0.05) is 11.6 Å². The van der Waals surface area contributed by atoms with Crippen molar-refractivity contribution in [2.24, 2.45) is 5.14 Å². The summed E-state index contributed by atoms with van der Waals surface area (Å²) in [5, 5.41) is 7.68.